The van der Waals surface area contributed by atoms with Crippen molar-refractivity contribution in [2.24, 2.45) is 0 Å². The number of para-hydroxylation sites is 1. The van der Waals surface area contributed by atoms with Crippen molar-refractivity contribution in [2.75, 3.05) is 19.0 Å². The zero-order chi connectivity index (χ0) is 20.5. The van der Waals surface area contributed by atoms with Gasteiger partial charge in [-0.3, -0.25) is 0 Å². The molecule has 29 heavy (non-hydrogen) atoms. The van der Waals surface area contributed by atoms with E-state index in [0.29, 0.717) is 13.2 Å². The molecule has 0 heterocycles. The molecule has 3 aromatic rings. The third-order valence-corrected chi connectivity index (χ3v) is 4.39. The molecule has 0 amide bonds. The second-order valence-corrected chi connectivity index (χ2v) is 6.51. The number of methoxy groups -OCH3 is 1. The third-order valence-electron chi connectivity index (χ3n) is 4.39. The number of ether oxygens (including phenoxy) is 3. The molecule has 0 fully saturated rings. The minimum atomic E-state index is 0.587. The molecule has 0 unspecified atom stereocenters. The van der Waals surface area contributed by atoms with Gasteiger partial charge < -0.3 is 19.5 Å². The van der Waals surface area contributed by atoms with Crippen LogP contribution in [0.1, 0.15) is 18.1 Å². The summed E-state index contributed by atoms with van der Waals surface area (Å²) in [5, 5.41) is 3.45. The molecule has 3 aromatic carbocycles. The molecule has 0 spiro atoms. The zero-order valence-corrected chi connectivity index (χ0v) is 17.0. The fourth-order valence-electron chi connectivity index (χ4n) is 3.10. The molecule has 3 rings (SSSR count). The zero-order valence-electron chi connectivity index (χ0n) is 17.0. The topological polar surface area (TPSA) is 39.7 Å². The summed E-state index contributed by atoms with van der Waals surface area (Å²) in [4.78, 5) is 0. The van der Waals surface area contributed by atoms with Crippen molar-refractivity contribution < 1.29 is 14.2 Å². The highest BCUT2D eigenvalue weighted by molar-refractivity contribution is 5.52. The Labute approximate surface area is 172 Å². The Morgan fingerprint density at radius 2 is 1.69 bits per heavy atom. The van der Waals surface area contributed by atoms with Gasteiger partial charge in [0.05, 0.1) is 13.7 Å². The Morgan fingerprint density at radius 3 is 2.34 bits per heavy atom. The summed E-state index contributed by atoms with van der Waals surface area (Å²) in [6.07, 6.45) is 2.60. The number of nitrogens with one attached hydrogen (secondary N) is 1. The first-order valence-electron chi connectivity index (χ1n) is 9.73. The second kappa shape index (κ2) is 10.2. The Kier molecular flexibility index (Phi) is 7.17. The maximum atomic E-state index is 5.84. The van der Waals surface area contributed by atoms with Crippen LogP contribution < -0.4 is 19.5 Å². The average Bonchev–Trinajstić information content (AvgIpc) is 2.74. The first-order chi connectivity index (χ1) is 14.2. The Bertz CT molecular complexity index is 921. The largest absolute Gasteiger partial charge is 0.493 e. The fraction of sp³-hybridized carbons (Fsp3) is 0.200. The van der Waals surface area contributed by atoms with E-state index in [-0.39, 0.29) is 0 Å². The summed E-state index contributed by atoms with van der Waals surface area (Å²) >= 11 is 0. The van der Waals surface area contributed by atoms with Crippen LogP contribution in [0.5, 0.6) is 23.0 Å². The van der Waals surface area contributed by atoms with Gasteiger partial charge in [-0.1, -0.05) is 24.3 Å². The highest BCUT2D eigenvalue weighted by Crippen LogP contribution is 2.34. The van der Waals surface area contributed by atoms with E-state index >= 15 is 0 Å². The molecule has 0 saturated heterocycles. The van der Waals surface area contributed by atoms with Gasteiger partial charge in [0.15, 0.2) is 11.5 Å². The Hall–Kier alpha value is -3.40. The van der Waals surface area contributed by atoms with Crippen LogP contribution in [0.15, 0.2) is 79.4 Å². The van der Waals surface area contributed by atoms with Gasteiger partial charge in [-0.15, -0.1) is 6.58 Å². The molecular weight excluding hydrogens is 362 g/mol. The molecule has 0 saturated carbocycles. The van der Waals surface area contributed by atoms with Crippen LogP contribution in [-0.2, 0) is 13.0 Å². The fourth-order valence-corrected chi connectivity index (χ4v) is 3.10. The molecule has 0 aromatic heterocycles. The van der Waals surface area contributed by atoms with Crippen LogP contribution in [-0.4, -0.2) is 13.7 Å². The summed E-state index contributed by atoms with van der Waals surface area (Å²) < 4.78 is 17.2. The second-order valence-electron chi connectivity index (χ2n) is 6.51. The summed E-state index contributed by atoms with van der Waals surface area (Å²) in [5.74, 6) is 3.17. The van der Waals surface area contributed by atoms with Gasteiger partial charge in [-0.25, -0.2) is 0 Å². The number of hydrogen-bond acceptors (Lipinski definition) is 4. The minimum Gasteiger partial charge on any atom is -0.493 e. The SMILES string of the molecule is C=CCc1cc(CNc2ccc(Oc3ccccc3)cc2)cc(OCC)c1OC. The third kappa shape index (κ3) is 5.55. The van der Waals surface area contributed by atoms with E-state index in [0.717, 1.165) is 46.2 Å². The van der Waals surface area contributed by atoms with E-state index < -0.39 is 0 Å². The first-order valence-corrected chi connectivity index (χ1v) is 9.73. The van der Waals surface area contributed by atoms with Crippen LogP contribution in [0.4, 0.5) is 5.69 Å². The highest BCUT2D eigenvalue weighted by atomic mass is 16.5. The lowest BCUT2D eigenvalue weighted by atomic mass is 10.1. The lowest BCUT2D eigenvalue weighted by Crippen LogP contribution is -2.04. The number of rotatable bonds is 10. The van der Waals surface area contributed by atoms with Crippen molar-refractivity contribution in [1.82, 2.24) is 0 Å². The number of benzene rings is 3. The summed E-state index contributed by atoms with van der Waals surface area (Å²) in [6, 6.07) is 21.8. The van der Waals surface area contributed by atoms with Crippen molar-refractivity contribution in [3.8, 4) is 23.0 Å². The molecule has 1 N–H and O–H groups in total. The summed E-state index contributed by atoms with van der Waals surface area (Å²) in [6.45, 7) is 7.07. The molecular formula is C25H27NO3. The van der Waals surface area contributed by atoms with E-state index in [9.17, 15) is 0 Å². The maximum absolute atomic E-state index is 5.84. The van der Waals surface area contributed by atoms with Crippen molar-refractivity contribution in [2.45, 2.75) is 19.9 Å². The molecule has 0 bridgehead atoms. The van der Waals surface area contributed by atoms with Crippen molar-refractivity contribution in [3.05, 3.63) is 90.5 Å². The van der Waals surface area contributed by atoms with Crippen molar-refractivity contribution in [1.29, 1.82) is 0 Å². The van der Waals surface area contributed by atoms with Gasteiger partial charge in [-0.05, 0) is 67.4 Å². The Balaban J connectivity index is 1.69. The normalized spacial score (nSPS) is 10.3. The Morgan fingerprint density at radius 1 is 0.966 bits per heavy atom. The lowest BCUT2D eigenvalue weighted by molar-refractivity contribution is 0.309. The smallest absolute Gasteiger partial charge is 0.164 e. The standard InChI is InChI=1S/C25H27NO3/c1-4-9-20-16-19(17-24(28-5-2)25(20)27-3)18-26-21-12-14-23(15-13-21)29-22-10-7-6-8-11-22/h4,6-8,10-17,26H,1,5,9,18H2,2-3H3. The molecule has 4 heteroatoms. The van der Waals surface area contributed by atoms with Crippen LogP contribution in [0, 0.1) is 0 Å². The molecule has 0 atom stereocenters. The molecule has 0 radical (unpaired) electrons. The van der Waals surface area contributed by atoms with Gasteiger partial charge in [0.1, 0.15) is 11.5 Å². The van der Waals surface area contributed by atoms with Crippen molar-refractivity contribution in [3.63, 3.8) is 0 Å². The van der Waals surface area contributed by atoms with Crippen LogP contribution in [0.25, 0.3) is 0 Å². The maximum Gasteiger partial charge on any atom is 0.164 e. The van der Waals surface area contributed by atoms with Gasteiger partial charge in [0.25, 0.3) is 0 Å². The first kappa shape index (κ1) is 20.3. The van der Waals surface area contributed by atoms with E-state index in [1.165, 1.54) is 0 Å². The van der Waals surface area contributed by atoms with E-state index in [1.54, 1.807) is 7.11 Å². The predicted octanol–water partition coefficient (Wildman–Crippen LogP) is 6.23. The molecule has 0 aliphatic rings. The van der Waals surface area contributed by atoms with Gasteiger partial charge >= 0.3 is 0 Å². The van der Waals surface area contributed by atoms with Gasteiger partial charge in [0.2, 0.25) is 0 Å². The van der Waals surface area contributed by atoms with Gasteiger partial charge in [-0.2, -0.15) is 0 Å². The van der Waals surface area contributed by atoms with Crippen molar-refractivity contribution >= 4 is 5.69 Å². The van der Waals surface area contributed by atoms with E-state index in [4.69, 9.17) is 14.2 Å². The van der Waals surface area contributed by atoms with E-state index in [1.807, 2.05) is 73.7 Å². The number of hydrogen-bond donors (Lipinski definition) is 1. The lowest BCUT2D eigenvalue weighted by Gasteiger charge is -2.16. The number of allylic oxidation sites excluding steroid dienone is 1. The molecule has 4 nitrogen and oxygen atoms in total. The molecule has 0 aliphatic heterocycles. The number of anilines is 1. The van der Waals surface area contributed by atoms with Crippen LogP contribution in [0.2, 0.25) is 0 Å². The molecule has 150 valence electrons. The average molecular weight is 389 g/mol. The van der Waals surface area contributed by atoms with E-state index in [2.05, 4.69) is 18.0 Å². The monoisotopic (exact) mass is 389 g/mol. The van der Waals surface area contributed by atoms with Crippen LogP contribution >= 0.6 is 0 Å². The summed E-state index contributed by atoms with van der Waals surface area (Å²) in [7, 11) is 1.67. The summed E-state index contributed by atoms with van der Waals surface area (Å²) in [5.41, 5.74) is 3.21. The van der Waals surface area contributed by atoms with Gasteiger partial charge in [0, 0.05) is 17.8 Å². The molecule has 0 aliphatic carbocycles. The highest BCUT2D eigenvalue weighted by Gasteiger charge is 2.12. The quantitative estimate of drug-likeness (QED) is 0.417. The van der Waals surface area contributed by atoms with Crippen LogP contribution in [0.3, 0.4) is 0 Å². The predicted molar refractivity (Wildman–Crippen MR) is 118 cm³/mol. The minimum absolute atomic E-state index is 0.587.